The van der Waals surface area contributed by atoms with E-state index in [9.17, 15) is 13.2 Å². The minimum atomic E-state index is -3.72. The van der Waals surface area contributed by atoms with Gasteiger partial charge in [-0.3, -0.25) is 9.10 Å². The molecule has 0 saturated heterocycles. The Labute approximate surface area is 171 Å². The maximum absolute atomic E-state index is 13.2. The summed E-state index contributed by atoms with van der Waals surface area (Å²) in [4.78, 5) is 13.2. The average molecular weight is 413 g/mol. The van der Waals surface area contributed by atoms with Crippen LogP contribution in [-0.2, 0) is 14.8 Å². The minimum Gasteiger partial charge on any atom is -0.497 e. The zero-order valence-corrected chi connectivity index (χ0v) is 17.4. The SMILES string of the molecule is CC[C@H](C(=O)Nc1cccc2ccccc12)N(c1cccc(OC)c1)S(C)(=O)=O. The molecule has 0 bridgehead atoms. The lowest BCUT2D eigenvalue weighted by Crippen LogP contribution is -2.47. The van der Waals surface area contributed by atoms with Gasteiger partial charge in [0.05, 0.1) is 19.1 Å². The van der Waals surface area contributed by atoms with E-state index < -0.39 is 22.0 Å². The molecule has 1 atom stereocenters. The maximum Gasteiger partial charge on any atom is 0.248 e. The first-order valence-corrected chi connectivity index (χ1v) is 11.1. The normalized spacial score (nSPS) is 12.4. The van der Waals surface area contributed by atoms with Crippen molar-refractivity contribution in [3.05, 3.63) is 66.7 Å². The summed E-state index contributed by atoms with van der Waals surface area (Å²) < 4.78 is 31.6. The van der Waals surface area contributed by atoms with E-state index in [1.807, 2.05) is 42.5 Å². The van der Waals surface area contributed by atoms with E-state index >= 15 is 0 Å². The fourth-order valence-electron chi connectivity index (χ4n) is 3.36. The van der Waals surface area contributed by atoms with Crippen molar-refractivity contribution in [2.75, 3.05) is 23.0 Å². The molecule has 0 aliphatic rings. The second-order valence-electron chi connectivity index (χ2n) is 6.70. The Bertz CT molecular complexity index is 1120. The lowest BCUT2D eigenvalue weighted by atomic mass is 10.1. The predicted molar refractivity (Wildman–Crippen MR) is 117 cm³/mol. The number of sulfonamides is 1. The molecule has 0 aromatic heterocycles. The van der Waals surface area contributed by atoms with Crippen molar-refractivity contribution in [2.45, 2.75) is 19.4 Å². The second-order valence-corrected chi connectivity index (χ2v) is 8.56. The van der Waals surface area contributed by atoms with Crippen molar-refractivity contribution in [1.82, 2.24) is 0 Å². The zero-order chi connectivity index (χ0) is 21.0. The molecule has 0 spiro atoms. The van der Waals surface area contributed by atoms with Crippen molar-refractivity contribution < 1.29 is 17.9 Å². The zero-order valence-electron chi connectivity index (χ0n) is 16.6. The van der Waals surface area contributed by atoms with Crippen molar-refractivity contribution in [1.29, 1.82) is 0 Å². The molecule has 0 unspecified atom stereocenters. The number of methoxy groups -OCH3 is 1. The second kappa shape index (κ2) is 8.53. The van der Waals surface area contributed by atoms with Crippen molar-refractivity contribution in [3.63, 3.8) is 0 Å². The van der Waals surface area contributed by atoms with Gasteiger partial charge in [0, 0.05) is 17.1 Å². The summed E-state index contributed by atoms with van der Waals surface area (Å²) in [5.74, 6) is 0.123. The Morgan fingerprint density at radius 2 is 1.76 bits per heavy atom. The van der Waals surface area contributed by atoms with Crippen LogP contribution in [-0.4, -0.2) is 33.7 Å². The summed E-state index contributed by atoms with van der Waals surface area (Å²) in [7, 11) is -2.21. The van der Waals surface area contributed by atoms with Gasteiger partial charge in [-0.05, 0) is 30.0 Å². The van der Waals surface area contributed by atoms with Crippen LogP contribution in [0.15, 0.2) is 66.7 Å². The van der Waals surface area contributed by atoms with Crippen LogP contribution in [0.3, 0.4) is 0 Å². The molecule has 1 amide bonds. The number of fused-ring (bicyclic) bond motifs is 1. The molecule has 152 valence electrons. The van der Waals surface area contributed by atoms with Gasteiger partial charge in [-0.15, -0.1) is 0 Å². The molecule has 3 aromatic carbocycles. The number of benzene rings is 3. The number of hydrogen-bond acceptors (Lipinski definition) is 4. The third-order valence-electron chi connectivity index (χ3n) is 4.69. The van der Waals surface area contributed by atoms with Gasteiger partial charge in [-0.25, -0.2) is 8.42 Å². The van der Waals surface area contributed by atoms with Crippen LogP contribution in [0, 0.1) is 0 Å². The molecule has 3 rings (SSSR count). The lowest BCUT2D eigenvalue weighted by molar-refractivity contribution is -0.117. The third kappa shape index (κ3) is 4.51. The van der Waals surface area contributed by atoms with Gasteiger partial charge in [0.25, 0.3) is 0 Å². The molecule has 6 nitrogen and oxygen atoms in total. The van der Waals surface area contributed by atoms with E-state index in [2.05, 4.69) is 5.32 Å². The molecule has 7 heteroatoms. The number of anilines is 2. The topological polar surface area (TPSA) is 75.7 Å². The molecular formula is C22H24N2O4S. The van der Waals surface area contributed by atoms with E-state index in [0.29, 0.717) is 23.5 Å². The molecule has 0 saturated carbocycles. The summed E-state index contributed by atoms with van der Waals surface area (Å²) in [5, 5.41) is 4.80. The Morgan fingerprint density at radius 3 is 2.45 bits per heavy atom. The highest BCUT2D eigenvalue weighted by molar-refractivity contribution is 7.92. The predicted octanol–water partition coefficient (Wildman–Crippen LogP) is 4.03. The molecule has 0 fully saturated rings. The molecular weight excluding hydrogens is 388 g/mol. The summed E-state index contributed by atoms with van der Waals surface area (Å²) in [6.45, 7) is 1.78. The maximum atomic E-state index is 13.2. The van der Waals surface area contributed by atoms with E-state index in [1.54, 1.807) is 31.2 Å². The molecule has 29 heavy (non-hydrogen) atoms. The first kappa shape index (κ1) is 20.7. The number of carbonyl (C=O) groups excluding carboxylic acids is 1. The molecule has 0 aliphatic carbocycles. The number of carbonyl (C=O) groups is 1. The molecule has 0 heterocycles. The van der Waals surface area contributed by atoms with Gasteiger partial charge in [0.1, 0.15) is 11.8 Å². The minimum absolute atomic E-state index is 0.306. The number of amides is 1. The van der Waals surface area contributed by atoms with Gasteiger partial charge in [0.2, 0.25) is 15.9 Å². The fourth-order valence-corrected chi connectivity index (χ4v) is 4.56. The molecule has 0 radical (unpaired) electrons. The lowest BCUT2D eigenvalue weighted by Gasteiger charge is -2.30. The van der Waals surface area contributed by atoms with Gasteiger partial charge in [0.15, 0.2) is 0 Å². The van der Waals surface area contributed by atoms with Gasteiger partial charge in [-0.1, -0.05) is 49.4 Å². The fraction of sp³-hybridized carbons (Fsp3) is 0.227. The van der Waals surface area contributed by atoms with Crippen LogP contribution in [0.5, 0.6) is 5.75 Å². The number of nitrogens with zero attached hydrogens (tertiary/aromatic N) is 1. The number of ether oxygens (including phenoxy) is 1. The van der Waals surface area contributed by atoms with Crippen LogP contribution in [0.1, 0.15) is 13.3 Å². The quantitative estimate of drug-likeness (QED) is 0.636. The summed E-state index contributed by atoms with van der Waals surface area (Å²) >= 11 is 0. The molecule has 0 aliphatic heterocycles. The number of nitrogens with one attached hydrogen (secondary N) is 1. The highest BCUT2D eigenvalue weighted by Crippen LogP contribution is 2.28. The summed E-state index contributed by atoms with van der Waals surface area (Å²) in [5.41, 5.74) is 1.03. The first-order chi connectivity index (χ1) is 13.8. The van der Waals surface area contributed by atoms with Gasteiger partial charge in [-0.2, -0.15) is 0 Å². The largest absolute Gasteiger partial charge is 0.497 e. The Hall–Kier alpha value is -3.06. The van der Waals surface area contributed by atoms with Crippen LogP contribution >= 0.6 is 0 Å². The van der Waals surface area contributed by atoms with Crippen molar-refractivity contribution >= 4 is 38.1 Å². The van der Waals surface area contributed by atoms with Gasteiger partial charge >= 0.3 is 0 Å². The summed E-state index contributed by atoms with van der Waals surface area (Å²) in [6.07, 6.45) is 1.40. The Kier molecular flexibility index (Phi) is 6.08. The van der Waals surface area contributed by atoms with Crippen LogP contribution < -0.4 is 14.4 Å². The number of rotatable bonds is 7. The van der Waals surface area contributed by atoms with Crippen LogP contribution in [0.4, 0.5) is 11.4 Å². The first-order valence-electron chi connectivity index (χ1n) is 9.27. The van der Waals surface area contributed by atoms with E-state index in [1.165, 1.54) is 7.11 Å². The standard InChI is InChI=1S/C22H24N2O4S/c1-4-21(24(29(3,26)27)17-11-8-12-18(15-17)28-2)22(25)23-20-14-7-10-16-9-5-6-13-19(16)20/h5-15,21H,4H2,1-3H3,(H,23,25)/t21-/m1/s1. The average Bonchev–Trinajstić information content (AvgIpc) is 2.71. The van der Waals surface area contributed by atoms with Gasteiger partial charge < -0.3 is 10.1 Å². The summed E-state index contributed by atoms with van der Waals surface area (Å²) in [6, 6.07) is 19.1. The Balaban J connectivity index is 1.99. The monoisotopic (exact) mass is 412 g/mol. The molecule has 3 aromatic rings. The smallest absolute Gasteiger partial charge is 0.248 e. The van der Waals surface area contributed by atoms with Crippen molar-refractivity contribution in [2.24, 2.45) is 0 Å². The van der Waals surface area contributed by atoms with E-state index in [0.717, 1.165) is 21.3 Å². The Morgan fingerprint density at radius 1 is 1.07 bits per heavy atom. The third-order valence-corrected chi connectivity index (χ3v) is 5.86. The van der Waals surface area contributed by atoms with E-state index in [4.69, 9.17) is 4.74 Å². The number of hydrogen-bond donors (Lipinski definition) is 1. The van der Waals surface area contributed by atoms with E-state index in [-0.39, 0.29) is 0 Å². The highest BCUT2D eigenvalue weighted by atomic mass is 32.2. The molecule has 1 N–H and O–H groups in total. The highest BCUT2D eigenvalue weighted by Gasteiger charge is 2.32. The van der Waals surface area contributed by atoms with Crippen LogP contribution in [0.25, 0.3) is 10.8 Å². The van der Waals surface area contributed by atoms with Crippen molar-refractivity contribution in [3.8, 4) is 5.75 Å². The van der Waals surface area contributed by atoms with Crippen LogP contribution in [0.2, 0.25) is 0 Å².